The Morgan fingerprint density at radius 3 is 2.45 bits per heavy atom. The molecule has 0 heterocycles. The fourth-order valence-corrected chi connectivity index (χ4v) is 5.68. The van der Waals surface area contributed by atoms with E-state index < -0.39 is 16.1 Å². The van der Waals surface area contributed by atoms with Gasteiger partial charge >= 0.3 is 0 Å². The third-order valence-electron chi connectivity index (χ3n) is 6.00. The van der Waals surface area contributed by atoms with E-state index in [9.17, 15) is 13.2 Å². The fourth-order valence-electron chi connectivity index (χ4n) is 4.28. The van der Waals surface area contributed by atoms with Crippen LogP contribution in [0.1, 0.15) is 61.4 Å². The first kappa shape index (κ1) is 23.6. The van der Waals surface area contributed by atoms with Gasteiger partial charge in [-0.25, -0.2) is 8.42 Å². The first-order chi connectivity index (χ1) is 14.6. The van der Waals surface area contributed by atoms with Gasteiger partial charge in [-0.1, -0.05) is 42.8 Å². The number of nitrogens with zero attached hydrogens (tertiary/aromatic N) is 1. The molecule has 1 aliphatic rings. The average Bonchev–Trinajstić information content (AvgIpc) is 2.73. The minimum atomic E-state index is -3.71. The average molecular weight is 463 g/mol. The van der Waals surface area contributed by atoms with E-state index >= 15 is 0 Å². The molecule has 0 saturated heterocycles. The zero-order valence-corrected chi connectivity index (χ0v) is 20.2. The monoisotopic (exact) mass is 462 g/mol. The second kappa shape index (κ2) is 9.61. The summed E-state index contributed by atoms with van der Waals surface area (Å²) in [7, 11) is -3.71. The number of amides is 1. The van der Waals surface area contributed by atoms with Crippen LogP contribution in [0.2, 0.25) is 5.02 Å². The number of anilines is 1. The lowest BCUT2D eigenvalue weighted by molar-refractivity contribution is -0.122. The molecule has 168 valence electrons. The van der Waals surface area contributed by atoms with Crippen molar-refractivity contribution in [2.45, 2.75) is 65.0 Å². The summed E-state index contributed by atoms with van der Waals surface area (Å²) in [6.45, 7) is 5.43. The molecule has 7 heteroatoms. The molecule has 5 nitrogen and oxygen atoms in total. The van der Waals surface area contributed by atoms with Crippen LogP contribution in [0.25, 0.3) is 0 Å². The van der Waals surface area contributed by atoms with Crippen LogP contribution in [0, 0.1) is 6.92 Å². The number of hydrogen-bond donors (Lipinski definition) is 1. The fraction of sp³-hybridized carbons (Fsp3) is 0.458. The summed E-state index contributed by atoms with van der Waals surface area (Å²) in [5.41, 5.74) is 4.96. The standard InChI is InChI=1S/C24H31ClN2O3S/c1-5-22(20-12-11-18-8-6-7-9-19(18)14-20)26-24(28)17(3)27(31(4,29)30)23-15-21(25)13-10-16(23)2/h10-15,17,22H,5-9H2,1-4H3,(H,26,28)/t17-,22-/m1/s1. The van der Waals surface area contributed by atoms with Crippen molar-refractivity contribution in [2.24, 2.45) is 0 Å². The Morgan fingerprint density at radius 2 is 1.81 bits per heavy atom. The number of benzene rings is 2. The Balaban J connectivity index is 1.86. The van der Waals surface area contributed by atoms with Crippen LogP contribution < -0.4 is 9.62 Å². The van der Waals surface area contributed by atoms with Gasteiger partial charge in [-0.15, -0.1) is 0 Å². The summed E-state index contributed by atoms with van der Waals surface area (Å²) in [4.78, 5) is 13.2. The second-order valence-electron chi connectivity index (χ2n) is 8.37. The maximum absolute atomic E-state index is 13.2. The Labute approximate surface area is 190 Å². The molecule has 0 fully saturated rings. The van der Waals surface area contributed by atoms with Gasteiger partial charge in [0.15, 0.2) is 0 Å². The van der Waals surface area contributed by atoms with E-state index in [1.165, 1.54) is 24.0 Å². The molecule has 0 aromatic heterocycles. The number of aryl methyl sites for hydroxylation is 3. The molecule has 31 heavy (non-hydrogen) atoms. The highest BCUT2D eigenvalue weighted by molar-refractivity contribution is 7.92. The number of rotatable bonds is 7. The molecule has 2 atom stereocenters. The third-order valence-corrected chi connectivity index (χ3v) is 7.46. The van der Waals surface area contributed by atoms with E-state index in [0.29, 0.717) is 17.1 Å². The molecule has 0 bridgehead atoms. The molecule has 3 rings (SSSR count). The molecular formula is C24H31ClN2O3S. The molecule has 1 aliphatic carbocycles. The van der Waals surface area contributed by atoms with Gasteiger partial charge < -0.3 is 5.32 Å². The zero-order valence-electron chi connectivity index (χ0n) is 18.6. The minimum absolute atomic E-state index is 0.177. The highest BCUT2D eigenvalue weighted by atomic mass is 35.5. The summed E-state index contributed by atoms with van der Waals surface area (Å²) in [5, 5.41) is 3.49. The van der Waals surface area contributed by atoms with E-state index in [1.54, 1.807) is 32.0 Å². The summed E-state index contributed by atoms with van der Waals surface area (Å²) >= 11 is 6.12. The SMILES string of the molecule is CC[C@@H](NC(=O)[C@@H](C)N(c1cc(Cl)ccc1C)S(C)(=O)=O)c1ccc2c(c1)CCCC2. The van der Waals surface area contributed by atoms with Gasteiger partial charge in [0, 0.05) is 5.02 Å². The molecule has 2 aromatic carbocycles. The number of halogens is 1. The van der Waals surface area contributed by atoms with E-state index in [4.69, 9.17) is 11.6 Å². The van der Waals surface area contributed by atoms with Gasteiger partial charge in [0.05, 0.1) is 18.0 Å². The molecule has 1 amide bonds. The molecule has 1 N–H and O–H groups in total. The summed E-state index contributed by atoms with van der Waals surface area (Å²) in [6, 6.07) is 10.4. The molecule has 0 saturated carbocycles. The van der Waals surface area contributed by atoms with Gasteiger partial charge in [-0.2, -0.15) is 0 Å². The highest BCUT2D eigenvalue weighted by Crippen LogP contribution is 2.29. The second-order valence-corrected chi connectivity index (χ2v) is 10.7. The Hall–Kier alpha value is -2.05. The van der Waals surface area contributed by atoms with Crippen molar-refractivity contribution in [2.75, 3.05) is 10.6 Å². The van der Waals surface area contributed by atoms with Gasteiger partial charge in [0.2, 0.25) is 15.9 Å². The highest BCUT2D eigenvalue weighted by Gasteiger charge is 2.31. The zero-order chi connectivity index (χ0) is 22.8. The topological polar surface area (TPSA) is 66.5 Å². The maximum atomic E-state index is 13.2. The lowest BCUT2D eigenvalue weighted by Gasteiger charge is -2.31. The summed E-state index contributed by atoms with van der Waals surface area (Å²) in [6.07, 6.45) is 6.42. The van der Waals surface area contributed by atoms with Crippen LogP contribution >= 0.6 is 11.6 Å². The van der Waals surface area contributed by atoms with Gasteiger partial charge in [-0.3, -0.25) is 9.10 Å². The van der Waals surface area contributed by atoms with E-state index in [-0.39, 0.29) is 11.9 Å². The minimum Gasteiger partial charge on any atom is -0.347 e. The van der Waals surface area contributed by atoms with E-state index in [1.807, 2.05) is 6.92 Å². The quantitative estimate of drug-likeness (QED) is 0.633. The van der Waals surface area contributed by atoms with E-state index in [2.05, 4.69) is 23.5 Å². The van der Waals surface area contributed by atoms with Crippen LogP contribution in [-0.4, -0.2) is 26.6 Å². The number of sulfonamides is 1. The Bertz CT molecular complexity index is 1070. The molecule has 0 unspecified atom stereocenters. The molecule has 0 aliphatic heterocycles. The lowest BCUT2D eigenvalue weighted by atomic mass is 9.88. The first-order valence-corrected chi connectivity index (χ1v) is 13.0. The maximum Gasteiger partial charge on any atom is 0.244 e. The number of fused-ring (bicyclic) bond motifs is 1. The predicted molar refractivity (Wildman–Crippen MR) is 127 cm³/mol. The smallest absolute Gasteiger partial charge is 0.244 e. The van der Waals surface area contributed by atoms with Gasteiger partial charge in [0.1, 0.15) is 6.04 Å². The van der Waals surface area contributed by atoms with Crippen molar-refractivity contribution in [1.29, 1.82) is 0 Å². The summed E-state index contributed by atoms with van der Waals surface area (Å²) in [5.74, 6) is -0.339. The van der Waals surface area contributed by atoms with Crippen molar-refractivity contribution in [1.82, 2.24) is 5.32 Å². The Morgan fingerprint density at radius 1 is 1.13 bits per heavy atom. The van der Waals surface area contributed by atoms with Crippen LogP contribution in [0.3, 0.4) is 0 Å². The third kappa shape index (κ3) is 5.42. The van der Waals surface area contributed by atoms with Gasteiger partial charge in [0.25, 0.3) is 0 Å². The molecule has 2 aromatic rings. The Kier molecular flexibility index (Phi) is 7.32. The van der Waals surface area contributed by atoms with Crippen molar-refractivity contribution in [3.8, 4) is 0 Å². The van der Waals surface area contributed by atoms with Crippen LogP contribution in [0.15, 0.2) is 36.4 Å². The molecular weight excluding hydrogens is 432 g/mol. The van der Waals surface area contributed by atoms with Crippen molar-refractivity contribution in [3.63, 3.8) is 0 Å². The first-order valence-electron chi connectivity index (χ1n) is 10.8. The molecule has 0 radical (unpaired) electrons. The largest absolute Gasteiger partial charge is 0.347 e. The van der Waals surface area contributed by atoms with Crippen molar-refractivity contribution in [3.05, 3.63) is 63.7 Å². The van der Waals surface area contributed by atoms with Crippen molar-refractivity contribution < 1.29 is 13.2 Å². The lowest BCUT2D eigenvalue weighted by Crippen LogP contribution is -2.48. The summed E-state index contributed by atoms with van der Waals surface area (Å²) < 4.78 is 26.4. The van der Waals surface area contributed by atoms with Crippen LogP contribution in [0.4, 0.5) is 5.69 Å². The number of carbonyl (C=O) groups is 1. The van der Waals surface area contributed by atoms with Gasteiger partial charge in [-0.05, 0) is 80.3 Å². The normalized spacial score (nSPS) is 15.6. The molecule has 0 spiro atoms. The van der Waals surface area contributed by atoms with Crippen LogP contribution in [0.5, 0.6) is 0 Å². The number of hydrogen-bond acceptors (Lipinski definition) is 3. The number of nitrogens with one attached hydrogen (secondary N) is 1. The van der Waals surface area contributed by atoms with Crippen LogP contribution in [-0.2, 0) is 27.7 Å². The van der Waals surface area contributed by atoms with E-state index in [0.717, 1.165) is 34.5 Å². The number of carbonyl (C=O) groups excluding carboxylic acids is 1. The predicted octanol–water partition coefficient (Wildman–Crippen LogP) is 4.95. The van der Waals surface area contributed by atoms with Crippen molar-refractivity contribution >= 4 is 33.2 Å².